The summed E-state index contributed by atoms with van der Waals surface area (Å²) < 4.78 is 0. The van der Waals surface area contributed by atoms with Crippen LogP contribution in [0.25, 0.3) is 0 Å². The highest BCUT2D eigenvalue weighted by Crippen LogP contribution is 2.36. The fourth-order valence-corrected chi connectivity index (χ4v) is 3.65. The number of carboxylic acid groups (broad SMARTS) is 1. The molecule has 0 aromatic heterocycles. The van der Waals surface area contributed by atoms with Gasteiger partial charge in [-0.3, -0.25) is 9.59 Å². The second kappa shape index (κ2) is 6.57. The molecule has 1 heterocycles. The molecular formula is C15H26N2O3. The first kappa shape index (κ1) is 15.3. The monoisotopic (exact) mass is 282 g/mol. The zero-order chi connectivity index (χ0) is 14.6. The maximum absolute atomic E-state index is 12.7. The van der Waals surface area contributed by atoms with Crippen LogP contribution in [0.15, 0.2) is 0 Å². The number of piperidine rings is 1. The Kier molecular flexibility index (Phi) is 5.02. The van der Waals surface area contributed by atoms with Crippen LogP contribution in [0.4, 0.5) is 0 Å². The molecule has 2 fully saturated rings. The zero-order valence-corrected chi connectivity index (χ0v) is 12.4. The summed E-state index contributed by atoms with van der Waals surface area (Å²) in [5, 5.41) is 12.5. The number of rotatable bonds is 4. The highest BCUT2D eigenvalue weighted by molar-refractivity contribution is 5.83. The standard InChI is InChI=1S/C15H26N2O3/c1-17(14(20)12-7-3-6-10-16-12)15(11-13(18)19)8-4-2-5-9-15/h12,16H,2-11H2,1H3,(H,18,19). The molecule has 2 aliphatic rings. The van der Waals surface area contributed by atoms with Gasteiger partial charge in [-0.2, -0.15) is 0 Å². The Morgan fingerprint density at radius 2 is 1.90 bits per heavy atom. The molecule has 5 nitrogen and oxygen atoms in total. The zero-order valence-electron chi connectivity index (χ0n) is 12.4. The van der Waals surface area contributed by atoms with Crippen molar-refractivity contribution in [2.45, 2.75) is 69.4 Å². The average Bonchev–Trinajstić information content (AvgIpc) is 2.47. The van der Waals surface area contributed by atoms with Gasteiger partial charge >= 0.3 is 5.97 Å². The van der Waals surface area contributed by atoms with E-state index in [1.165, 1.54) is 0 Å². The molecule has 2 rings (SSSR count). The number of hydrogen-bond donors (Lipinski definition) is 2. The maximum atomic E-state index is 12.7. The van der Waals surface area contributed by atoms with E-state index in [0.29, 0.717) is 0 Å². The van der Waals surface area contributed by atoms with E-state index in [0.717, 1.165) is 57.9 Å². The van der Waals surface area contributed by atoms with Crippen molar-refractivity contribution in [3.8, 4) is 0 Å². The Labute approximate surface area is 120 Å². The number of carbonyl (C=O) groups is 2. The smallest absolute Gasteiger partial charge is 0.305 e. The topological polar surface area (TPSA) is 69.6 Å². The van der Waals surface area contributed by atoms with Gasteiger partial charge in [0, 0.05) is 7.05 Å². The number of hydrogen-bond acceptors (Lipinski definition) is 3. The van der Waals surface area contributed by atoms with E-state index in [2.05, 4.69) is 5.32 Å². The molecule has 1 aliphatic carbocycles. The summed E-state index contributed by atoms with van der Waals surface area (Å²) in [6, 6.07) is -0.124. The molecule has 0 aromatic carbocycles. The lowest BCUT2D eigenvalue weighted by molar-refractivity contribution is -0.147. The molecule has 0 bridgehead atoms. The summed E-state index contributed by atoms with van der Waals surface area (Å²) in [6.45, 7) is 0.885. The maximum Gasteiger partial charge on any atom is 0.305 e. The van der Waals surface area contributed by atoms with Crippen LogP contribution in [0.3, 0.4) is 0 Å². The first-order chi connectivity index (χ1) is 9.55. The van der Waals surface area contributed by atoms with E-state index in [1.807, 2.05) is 0 Å². The fraction of sp³-hybridized carbons (Fsp3) is 0.867. The van der Waals surface area contributed by atoms with Gasteiger partial charge in [0.05, 0.1) is 18.0 Å². The van der Waals surface area contributed by atoms with Crippen molar-refractivity contribution < 1.29 is 14.7 Å². The highest BCUT2D eigenvalue weighted by atomic mass is 16.4. The molecule has 20 heavy (non-hydrogen) atoms. The minimum atomic E-state index is -0.803. The summed E-state index contributed by atoms with van der Waals surface area (Å²) in [5.74, 6) is -0.726. The Hall–Kier alpha value is -1.10. The van der Waals surface area contributed by atoms with E-state index in [-0.39, 0.29) is 18.4 Å². The van der Waals surface area contributed by atoms with Crippen LogP contribution in [-0.2, 0) is 9.59 Å². The average molecular weight is 282 g/mol. The third kappa shape index (κ3) is 3.32. The first-order valence-corrected chi connectivity index (χ1v) is 7.78. The quantitative estimate of drug-likeness (QED) is 0.824. The molecule has 0 spiro atoms. The number of likely N-dealkylation sites (N-methyl/N-ethyl adjacent to an activating group) is 1. The van der Waals surface area contributed by atoms with E-state index < -0.39 is 11.5 Å². The summed E-state index contributed by atoms with van der Waals surface area (Å²) in [5.41, 5.74) is -0.472. The predicted molar refractivity (Wildman–Crippen MR) is 76.5 cm³/mol. The molecule has 1 aliphatic heterocycles. The van der Waals surface area contributed by atoms with Gasteiger partial charge in [-0.1, -0.05) is 25.7 Å². The molecule has 0 aromatic rings. The van der Waals surface area contributed by atoms with Crippen molar-refractivity contribution >= 4 is 11.9 Å². The van der Waals surface area contributed by atoms with Crippen LogP contribution in [0.1, 0.15) is 57.8 Å². The van der Waals surface area contributed by atoms with E-state index in [1.54, 1.807) is 11.9 Å². The number of nitrogens with one attached hydrogen (secondary N) is 1. The van der Waals surface area contributed by atoms with Crippen LogP contribution in [0.2, 0.25) is 0 Å². The van der Waals surface area contributed by atoms with Gasteiger partial charge in [0.15, 0.2) is 0 Å². The number of carboxylic acids is 1. The lowest BCUT2D eigenvalue weighted by atomic mass is 9.77. The molecule has 114 valence electrons. The predicted octanol–water partition coefficient (Wildman–Crippen LogP) is 1.76. The molecule has 1 unspecified atom stereocenters. The first-order valence-electron chi connectivity index (χ1n) is 7.78. The number of carbonyl (C=O) groups excluding carboxylic acids is 1. The van der Waals surface area contributed by atoms with E-state index >= 15 is 0 Å². The number of amides is 1. The largest absolute Gasteiger partial charge is 0.481 e. The Balaban J connectivity index is 2.10. The molecule has 2 N–H and O–H groups in total. The summed E-state index contributed by atoms with van der Waals surface area (Å²) in [4.78, 5) is 25.6. The van der Waals surface area contributed by atoms with Gasteiger partial charge in [0.25, 0.3) is 0 Å². The van der Waals surface area contributed by atoms with Crippen LogP contribution in [-0.4, -0.2) is 47.1 Å². The van der Waals surface area contributed by atoms with Gasteiger partial charge in [0.2, 0.25) is 5.91 Å². The van der Waals surface area contributed by atoms with Crippen molar-refractivity contribution in [1.82, 2.24) is 10.2 Å². The van der Waals surface area contributed by atoms with Crippen molar-refractivity contribution in [3.63, 3.8) is 0 Å². The van der Waals surface area contributed by atoms with Gasteiger partial charge in [-0.25, -0.2) is 0 Å². The lowest BCUT2D eigenvalue weighted by Gasteiger charge is -2.45. The Morgan fingerprint density at radius 1 is 1.20 bits per heavy atom. The number of nitrogens with zero attached hydrogens (tertiary/aromatic N) is 1. The van der Waals surface area contributed by atoms with E-state index in [9.17, 15) is 14.7 Å². The second-order valence-electron chi connectivity index (χ2n) is 6.26. The summed E-state index contributed by atoms with van der Waals surface area (Å²) in [6.07, 6.45) is 7.94. The van der Waals surface area contributed by atoms with Gasteiger partial charge in [-0.15, -0.1) is 0 Å². The molecule has 1 saturated carbocycles. The molecule has 5 heteroatoms. The van der Waals surface area contributed by atoms with Crippen molar-refractivity contribution in [1.29, 1.82) is 0 Å². The number of aliphatic carboxylic acids is 1. The van der Waals surface area contributed by atoms with Crippen molar-refractivity contribution in [3.05, 3.63) is 0 Å². The molecule has 1 amide bonds. The van der Waals surface area contributed by atoms with Gasteiger partial charge in [0.1, 0.15) is 0 Å². The summed E-state index contributed by atoms with van der Waals surface area (Å²) in [7, 11) is 1.80. The minimum Gasteiger partial charge on any atom is -0.481 e. The molecule has 1 saturated heterocycles. The summed E-state index contributed by atoms with van der Waals surface area (Å²) >= 11 is 0. The highest BCUT2D eigenvalue weighted by Gasteiger charge is 2.42. The van der Waals surface area contributed by atoms with E-state index in [4.69, 9.17) is 0 Å². The fourth-order valence-electron chi connectivity index (χ4n) is 3.65. The van der Waals surface area contributed by atoms with Crippen LogP contribution in [0, 0.1) is 0 Å². The van der Waals surface area contributed by atoms with Crippen LogP contribution < -0.4 is 5.32 Å². The van der Waals surface area contributed by atoms with Crippen LogP contribution >= 0.6 is 0 Å². The molecular weight excluding hydrogens is 256 g/mol. The van der Waals surface area contributed by atoms with Crippen molar-refractivity contribution in [2.24, 2.45) is 0 Å². The van der Waals surface area contributed by atoms with Gasteiger partial charge < -0.3 is 15.3 Å². The van der Waals surface area contributed by atoms with Crippen LogP contribution in [0.5, 0.6) is 0 Å². The lowest BCUT2D eigenvalue weighted by Crippen LogP contribution is -2.57. The van der Waals surface area contributed by atoms with Crippen molar-refractivity contribution in [2.75, 3.05) is 13.6 Å². The Bertz CT molecular complexity index is 358. The minimum absolute atomic E-state index is 0.0714. The SMILES string of the molecule is CN(C(=O)C1CCCCN1)C1(CC(=O)O)CCCCC1. The Morgan fingerprint density at radius 3 is 2.45 bits per heavy atom. The molecule has 1 atom stereocenters. The third-order valence-corrected chi connectivity index (χ3v) is 4.92. The molecule has 0 radical (unpaired) electrons. The second-order valence-corrected chi connectivity index (χ2v) is 6.26. The third-order valence-electron chi connectivity index (χ3n) is 4.92. The normalized spacial score (nSPS) is 25.9. The van der Waals surface area contributed by atoms with Gasteiger partial charge in [-0.05, 0) is 32.2 Å².